The summed E-state index contributed by atoms with van der Waals surface area (Å²) in [5.41, 5.74) is -1.07. The Labute approximate surface area is 97.4 Å². The predicted octanol–water partition coefficient (Wildman–Crippen LogP) is 0.872. The zero-order valence-electron chi connectivity index (χ0n) is 8.98. The van der Waals surface area contributed by atoms with Gasteiger partial charge in [-0.2, -0.15) is 0 Å². The van der Waals surface area contributed by atoms with E-state index in [9.17, 15) is 14.2 Å². The van der Waals surface area contributed by atoms with Crippen LogP contribution in [-0.2, 0) is 14.1 Å². The Morgan fingerprint density at radius 2 is 1.76 bits per heavy atom. The molecule has 1 unspecified atom stereocenters. The molecular formula is C8H15O8P. The molecular weight excluding hydrogens is 255 g/mol. The highest BCUT2D eigenvalue weighted by Crippen LogP contribution is 2.45. The quantitative estimate of drug-likeness (QED) is 0.376. The van der Waals surface area contributed by atoms with E-state index in [0.717, 1.165) is 0 Å². The van der Waals surface area contributed by atoms with Crippen LogP contribution in [-0.4, -0.2) is 44.4 Å². The largest absolute Gasteiger partial charge is 0.505 e. The molecule has 17 heavy (non-hydrogen) atoms. The van der Waals surface area contributed by atoms with Crippen LogP contribution in [0.1, 0.15) is 25.7 Å². The average Bonchev–Trinajstić information content (AvgIpc) is 2.12. The summed E-state index contributed by atoms with van der Waals surface area (Å²) >= 11 is 0. The number of hydrogen-bond acceptors (Lipinski definition) is 4. The molecule has 0 rings (SSSR count). The minimum absolute atomic E-state index is 0.0134. The number of aliphatic carboxylic acids is 1. The Balaban J connectivity index is 4.11. The Kier molecular flexibility index (Phi) is 6.79. The molecule has 0 amide bonds. The van der Waals surface area contributed by atoms with Gasteiger partial charge in [-0.3, -0.25) is 9.36 Å². The molecule has 0 spiro atoms. The summed E-state index contributed by atoms with van der Waals surface area (Å²) in [6, 6.07) is 0. The van der Waals surface area contributed by atoms with E-state index in [2.05, 4.69) is 4.74 Å². The first-order valence-electron chi connectivity index (χ1n) is 4.86. The van der Waals surface area contributed by atoms with E-state index in [1.54, 1.807) is 0 Å². The predicted molar refractivity (Wildman–Crippen MR) is 55.9 cm³/mol. The second-order valence-corrected chi connectivity index (χ2v) is 5.34. The van der Waals surface area contributed by atoms with Crippen molar-refractivity contribution in [1.82, 2.24) is 0 Å². The highest BCUT2D eigenvalue weighted by atomic mass is 31.2. The van der Waals surface area contributed by atoms with Crippen molar-refractivity contribution < 1.29 is 38.9 Å². The maximum Gasteiger partial charge on any atom is 0.505 e. The number of ether oxygens (including phenoxy) is 1. The van der Waals surface area contributed by atoms with Crippen LogP contribution in [0.25, 0.3) is 0 Å². The van der Waals surface area contributed by atoms with Crippen LogP contribution in [0.3, 0.4) is 0 Å². The molecule has 9 heteroatoms. The fourth-order valence-electron chi connectivity index (χ4n) is 1.25. The third-order valence-corrected chi connectivity index (χ3v) is 3.55. The molecule has 0 saturated heterocycles. The van der Waals surface area contributed by atoms with E-state index in [1.165, 1.54) is 0 Å². The molecule has 0 aliphatic carbocycles. The van der Waals surface area contributed by atoms with Crippen LogP contribution in [0.2, 0.25) is 0 Å². The van der Waals surface area contributed by atoms with Gasteiger partial charge in [0.15, 0.2) is 0 Å². The highest BCUT2D eigenvalue weighted by molar-refractivity contribution is 7.52. The summed E-state index contributed by atoms with van der Waals surface area (Å²) in [7, 11) is -4.36. The van der Waals surface area contributed by atoms with Gasteiger partial charge >= 0.3 is 19.7 Å². The van der Waals surface area contributed by atoms with Gasteiger partial charge in [0.2, 0.25) is 0 Å². The molecule has 0 aromatic carbocycles. The maximum atomic E-state index is 11.0. The summed E-state index contributed by atoms with van der Waals surface area (Å²) in [6.45, 7) is -0.321. The fraction of sp³-hybridized carbons (Fsp3) is 0.750. The minimum atomic E-state index is -4.36. The molecule has 0 heterocycles. The van der Waals surface area contributed by atoms with Crippen molar-refractivity contribution in [2.45, 2.75) is 31.3 Å². The van der Waals surface area contributed by atoms with E-state index in [-0.39, 0.29) is 32.3 Å². The number of rotatable bonds is 8. The SMILES string of the molecule is O=C(O)CCCC(CCOC(=O)O)P(=O)(O)O. The lowest BCUT2D eigenvalue weighted by Crippen LogP contribution is -2.14. The Hall–Kier alpha value is -1.11. The molecule has 0 aromatic heterocycles. The molecule has 100 valence electrons. The number of carboxylic acids is 1. The summed E-state index contributed by atoms with van der Waals surface area (Å²) in [5.74, 6) is -1.05. The van der Waals surface area contributed by atoms with E-state index in [0.29, 0.717) is 0 Å². The second-order valence-electron chi connectivity index (χ2n) is 3.43. The third-order valence-electron chi connectivity index (χ3n) is 2.08. The number of carboxylic acid groups (broad SMARTS) is 2. The summed E-state index contributed by atoms with van der Waals surface area (Å²) in [5, 5.41) is 16.6. The van der Waals surface area contributed by atoms with Gasteiger partial charge in [-0.1, -0.05) is 0 Å². The van der Waals surface area contributed by atoms with Crippen molar-refractivity contribution in [3.8, 4) is 0 Å². The van der Waals surface area contributed by atoms with Gasteiger partial charge in [0.05, 0.1) is 12.3 Å². The van der Waals surface area contributed by atoms with Gasteiger partial charge in [-0.15, -0.1) is 0 Å². The average molecular weight is 270 g/mol. The van der Waals surface area contributed by atoms with Crippen molar-refractivity contribution in [3.63, 3.8) is 0 Å². The van der Waals surface area contributed by atoms with Crippen LogP contribution in [0.5, 0.6) is 0 Å². The smallest absolute Gasteiger partial charge is 0.481 e. The molecule has 0 aromatic rings. The van der Waals surface area contributed by atoms with Crippen LogP contribution >= 0.6 is 7.60 Å². The fourth-order valence-corrected chi connectivity index (χ4v) is 2.21. The first kappa shape index (κ1) is 15.9. The normalized spacial score (nSPS) is 13.1. The monoisotopic (exact) mass is 270 g/mol. The maximum absolute atomic E-state index is 11.0. The molecule has 0 fully saturated rings. The Bertz CT molecular complexity index is 289. The van der Waals surface area contributed by atoms with Crippen LogP contribution in [0.15, 0.2) is 0 Å². The standard InChI is InChI=1S/C8H15O8P/c9-7(10)3-1-2-6(17(13,14)15)4-5-16-8(11)12/h6H,1-5H2,(H,9,10)(H,11,12)(H2,13,14,15). The van der Waals surface area contributed by atoms with Gasteiger partial charge < -0.3 is 24.7 Å². The van der Waals surface area contributed by atoms with E-state index in [1.807, 2.05) is 0 Å². The lowest BCUT2D eigenvalue weighted by molar-refractivity contribution is -0.137. The molecule has 0 saturated carbocycles. The minimum Gasteiger partial charge on any atom is -0.481 e. The highest BCUT2D eigenvalue weighted by Gasteiger charge is 2.28. The molecule has 8 nitrogen and oxygen atoms in total. The molecule has 4 N–H and O–H groups in total. The van der Waals surface area contributed by atoms with Gasteiger partial charge in [0, 0.05) is 6.42 Å². The summed E-state index contributed by atoms with van der Waals surface area (Å²) in [4.78, 5) is 38.2. The van der Waals surface area contributed by atoms with Crippen molar-refractivity contribution in [3.05, 3.63) is 0 Å². The van der Waals surface area contributed by atoms with Crippen LogP contribution in [0.4, 0.5) is 4.79 Å². The topological polar surface area (TPSA) is 141 Å². The zero-order chi connectivity index (χ0) is 13.5. The lowest BCUT2D eigenvalue weighted by Gasteiger charge is -2.17. The molecule has 0 bridgehead atoms. The Morgan fingerprint density at radius 3 is 2.18 bits per heavy atom. The van der Waals surface area contributed by atoms with Crippen molar-refractivity contribution in [1.29, 1.82) is 0 Å². The lowest BCUT2D eigenvalue weighted by atomic mass is 10.1. The summed E-state index contributed by atoms with van der Waals surface area (Å²) < 4.78 is 15.2. The summed E-state index contributed by atoms with van der Waals surface area (Å²) in [6.07, 6.45) is -1.69. The number of carbonyl (C=O) groups is 2. The second kappa shape index (κ2) is 7.26. The van der Waals surface area contributed by atoms with E-state index < -0.39 is 25.4 Å². The first-order valence-corrected chi connectivity index (χ1v) is 6.54. The molecule has 0 aliphatic heterocycles. The number of hydrogen-bond donors (Lipinski definition) is 4. The van der Waals surface area contributed by atoms with Gasteiger partial charge in [0.25, 0.3) is 0 Å². The van der Waals surface area contributed by atoms with Crippen LogP contribution < -0.4 is 0 Å². The van der Waals surface area contributed by atoms with Crippen molar-refractivity contribution in [2.75, 3.05) is 6.61 Å². The van der Waals surface area contributed by atoms with Crippen LogP contribution in [0, 0.1) is 0 Å². The van der Waals surface area contributed by atoms with Crippen molar-refractivity contribution >= 4 is 19.7 Å². The molecule has 1 atom stereocenters. The van der Waals surface area contributed by atoms with E-state index >= 15 is 0 Å². The molecule has 0 radical (unpaired) electrons. The van der Waals surface area contributed by atoms with Gasteiger partial charge in [0.1, 0.15) is 0 Å². The van der Waals surface area contributed by atoms with Gasteiger partial charge in [-0.05, 0) is 19.3 Å². The van der Waals surface area contributed by atoms with Gasteiger partial charge in [-0.25, -0.2) is 4.79 Å². The van der Waals surface area contributed by atoms with Crippen molar-refractivity contribution in [2.24, 2.45) is 0 Å². The zero-order valence-corrected chi connectivity index (χ0v) is 9.88. The third kappa shape index (κ3) is 8.67. The Morgan fingerprint density at radius 1 is 1.18 bits per heavy atom. The van der Waals surface area contributed by atoms with E-state index in [4.69, 9.17) is 20.0 Å². The first-order chi connectivity index (χ1) is 7.73. The molecule has 0 aliphatic rings.